The molecule has 0 aromatic carbocycles. The maximum absolute atomic E-state index is 5.44. The molecule has 0 radical (unpaired) electrons. The number of halogens is 2. The van der Waals surface area contributed by atoms with E-state index in [2.05, 4.69) is 10.6 Å². The van der Waals surface area contributed by atoms with Crippen LogP contribution in [0.4, 0.5) is 0 Å². The molecule has 104 valence electrons. The van der Waals surface area contributed by atoms with Crippen molar-refractivity contribution >= 4 is 24.8 Å². The largest absolute Gasteiger partial charge is 0.379 e. The highest BCUT2D eigenvalue weighted by Gasteiger charge is 2.27. The molecule has 6 heteroatoms. The molecule has 0 bridgehead atoms. The summed E-state index contributed by atoms with van der Waals surface area (Å²) in [6.07, 6.45) is 3.76. The van der Waals surface area contributed by atoms with Gasteiger partial charge in [0.25, 0.3) is 0 Å². The van der Waals surface area contributed by atoms with E-state index in [0.717, 1.165) is 32.7 Å². The Kier molecular flexibility index (Phi) is 9.59. The van der Waals surface area contributed by atoms with Crippen molar-refractivity contribution in [2.45, 2.75) is 37.5 Å². The maximum atomic E-state index is 5.44. The second kappa shape index (κ2) is 9.36. The van der Waals surface area contributed by atoms with Crippen molar-refractivity contribution in [3.63, 3.8) is 0 Å². The molecule has 2 heterocycles. The zero-order chi connectivity index (χ0) is 10.5. The van der Waals surface area contributed by atoms with E-state index in [1.807, 2.05) is 0 Å². The van der Waals surface area contributed by atoms with Crippen LogP contribution in [0.1, 0.15) is 19.3 Å². The Balaban J connectivity index is 0.00000128. The lowest BCUT2D eigenvalue weighted by atomic mass is 10.0. The first-order valence-corrected chi connectivity index (χ1v) is 5.97. The summed E-state index contributed by atoms with van der Waals surface area (Å²) in [5.74, 6) is 0. The number of hydrogen-bond acceptors (Lipinski definition) is 4. The van der Waals surface area contributed by atoms with Crippen molar-refractivity contribution in [2.24, 2.45) is 0 Å². The van der Waals surface area contributed by atoms with Gasteiger partial charge in [-0.3, -0.25) is 0 Å². The molecule has 0 aliphatic carbocycles. The van der Waals surface area contributed by atoms with Crippen LogP contribution in [0.2, 0.25) is 0 Å². The van der Waals surface area contributed by atoms with Gasteiger partial charge < -0.3 is 20.1 Å². The van der Waals surface area contributed by atoms with Crippen LogP contribution in [0.25, 0.3) is 0 Å². The first-order chi connectivity index (χ1) is 7.40. The monoisotopic (exact) mass is 286 g/mol. The summed E-state index contributed by atoms with van der Waals surface area (Å²) >= 11 is 0. The van der Waals surface area contributed by atoms with Crippen molar-refractivity contribution < 1.29 is 9.47 Å². The highest BCUT2D eigenvalue weighted by Crippen LogP contribution is 2.13. The van der Waals surface area contributed by atoms with E-state index >= 15 is 0 Å². The summed E-state index contributed by atoms with van der Waals surface area (Å²) in [6, 6.07) is 1.14. The quantitative estimate of drug-likeness (QED) is 0.812. The molecule has 4 nitrogen and oxygen atoms in total. The lowest BCUT2D eigenvalue weighted by Gasteiger charge is -2.35. The highest BCUT2D eigenvalue weighted by atomic mass is 35.5. The Morgan fingerprint density at radius 3 is 2.53 bits per heavy atom. The van der Waals surface area contributed by atoms with Crippen LogP contribution >= 0.6 is 24.8 Å². The topological polar surface area (TPSA) is 42.5 Å². The van der Waals surface area contributed by atoms with Crippen LogP contribution < -0.4 is 10.6 Å². The van der Waals surface area contributed by atoms with Gasteiger partial charge in [-0.25, -0.2) is 0 Å². The van der Waals surface area contributed by atoms with Gasteiger partial charge in [0.1, 0.15) is 0 Å². The normalized spacial score (nSPS) is 30.2. The summed E-state index contributed by atoms with van der Waals surface area (Å²) in [6.45, 7) is 3.87. The Hall–Kier alpha value is 0.420. The summed E-state index contributed by atoms with van der Waals surface area (Å²) in [4.78, 5) is 0. The van der Waals surface area contributed by atoms with E-state index in [4.69, 9.17) is 9.47 Å². The predicted octanol–water partition coefficient (Wildman–Crippen LogP) is 0.975. The fourth-order valence-corrected chi connectivity index (χ4v) is 2.43. The van der Waals surface area contributed by atoms with Crippen LogP contribution in [0.15, 0.2) is 0 Å². The summed E-state index contributed by atoms with van der Waals surface area (Å²) in [7, 11) is 1.77. The molecule has 2 aliphatic rings. The molecule has 2 N–H and O–H groups in total. The molecule has 2 rings (SSSR count). The van der Waals surface area contributed by atoms with Gasteiger partial charge in [-0.1, -0.05) is 0 Å². The zero-order valence-electron chi connectivity index (χ0n) is 10.3. The average Bonchev–Trinajstić information content (AvgIpc) is 2.31. The van der Waals surface area contributed by atoms with Gasteiger partial charge in [0.05, 0.1) is 12.7 Å². The van der Waals surface area contributed by atoms with E-state index in [1.54, 1.807) is 7.11 Å². The molecule has 0 spiro atoms. The molecule has 2 saturated heterocycles. The molecule has 2 fully saturated rings. The summed E-state index contributed by atoms with van der Waals surface area (Å²) in [5.41, 5.74) is 0. The number of rotatable bonds is 3. The number of methoxy groups -OCH3 is 1. The molecule has 2 aliphatic heterocycles. The summed E-state index contributed by atoms with van der Waals surface area (Å²) < 4.78 is 10.9. The molecular weight excluding hydrogens is 263 g/mol. The number of hydrogen-bond donors (Lipinski definition) is 2. The smallest absolute Gasteiger partial charge is 0.0958 e. The zero-order valence-corrected chi connectivity index (χ0v) is 11.9. The average molecular weight is 287 g/mol. The summed E-state index contributed by atoms with van der Waals surface area (Å²) in [5, 5.41) is 7.10. The third kappa shape index (κ3) is 5.28. The SMILES string of the molecule is CO[C@@H]1COCC[C@@H]1NC1CCNCC1.Cl.Cl. The van der Waals surface area contributed by atoms with E-state index in [-0.39, 0.29) is 30.9 Å². The molecule has 0 aromatic rings. The molecule has 2 atom stereocenters. The van der Waals surface area contributed by atoms with Crippen LogP contribution in [0.5, 0.6) is 0 Å². The fourth-order valence-electron chi connectivity index (χ4n) is 2.43. The van der Waals surface area contributed by atoms with Gasteiger partial charge in [-0.2, -0.15) is 0 Å². The minimum Gasteiger partial charge on any atom is -0.379 e. The minimum absolute atomic E-state index is 0. The fraction of sp³-hybridized carbons (Fsp3) is 1.00. The predicted molar refractivity (Wildman–Crippen MR) is 73.5 cm³/mol. The second-order valence-electron chi connectivity index (χ2n) is 4.44. The Morgan fingerprint density at radius 2 is 1.88 bits per heavy atom. The van der Waals surface area contributed by atoms with Gasteiger partial charge in [0.2, 0.25) is 0 Å². The van der Waals surface area contributed by atoms with Crippen LogP contribution in [-0.4, -0.2) is 51.6 Å². The van der Waals surface area contributed by atoms with Crippen molar-refractivity contribution in [3.8, 4) is 0 Å². The molecule has 0 saturated carbocycles. The number of piperidine rings is 1. The Labute approximate surface area is 116 Å². The minimum atomic E-state index is 0. The van der Waals surface area contributed by atoms with Crippen molar-refractivity contribution in [1.29, 1.82) is 0 Å². The number of ether oxygens (including phenoxy) is 2. The molecule has 0 aromatic heterocycles. The van der Waals surface area contributed by atoms with E-state index in [9.17, 15) is 0 Å². The molecular formula is C11H24Cl2N2O2. The lowest BCUT2D eigenvalue weighted by molar-refractivity contribution is -0.0527. The van der Waals surface area contributed by atoms with Crippen LogP contribution in [0.3, 0.4) is 0 Å². The third-order valence-corrected chi connectivity index (χ3v) is 3.40. The maximum Gasteiger partial charge on any atom is 0.0958 e. The van der Waals surface area contributed by atoms with E-state index < -0.39 is 0 Å². The Bertz CT molecular complexity index is 192. The van der Waals surface area contributed by atoms with Crippen molar-refractivity contribution in [1.82, 2.24) is 10.6 Å². The highest BCUT2D eigenvalue weighted by molar-refractivity contribution is 5.85. The molecule has 0 unspecified atom stereocenters. The van der Waals surface area contributed by atoms with E-state index in [0.29, 0.717) is 12.1 Å². The van der Waals surface area contributed by atoms with Crippen molar-refractivity contribution in [2.75, 3.05) is 33.4 Å². The van der Waals surface area contributed by atoms with Gasteiger partial charge in [0.15, 0.2) is 0 Å². The third-order valence-electron chi connectivity index (χ3n) is 3.40. The molecule has 0 amide bonds. The first kappa shape index (κ1) is 17.4. The van der Waals surface area contributed by atoms with E-state index in [1.165, 1.54) is 12.8 Å². The Morgan fingerprint density at radius 1 is 1.18 bits per heavy atom. The van der Waals surface area contributed by atoms with Gasteiger partial charge >= 0.3 is 0 Å². The standard InChI is InChI=1S/C11H22N2O2.2ClH/c1-14-11-8-15-7-4-10(11)13-9-2-5-12-6-3-9;;/h9-13H,2-8H2,1H3;2*1H/t10-,11+;;/m0../s1. The molecule has 17 heavy (non-hydrogen) atoms. The van der Waals surface area contributed by atoms with Crippen LogP contribution in [0, 0.1) is 0 Å². The second-order valence-corrected chi connectivity index (χ2v) is 4.44. The first-order valence-electron chi connectivity index (χ1n) is 5.97. The lowest BCUT2D eigenvalue weighted by Crippen LogP contribution is -2.53. The number of nitrogens with one attached hydrogen (secondary N) is 2. The van der Waals surface area contributed by atoms with Crippen molar-refractivity contribution in [3.05, 3.63) is 0 Å². The van der Waals surface area contributed by atoms with Gasteiger partial charge in [-0.15, -0.1) is 24.8 Å². The van der Waals surface area contributed by atoms with Crippen LogP contribution in [-0.2, 0) is 9.47 Å². The van der Waals surface area contributed by atoms with Gasteiger partial charge in [0, 0.05) is 25.8 Å². The van der Waals surface area contributed by atoms with Gasteiger partial charge in [-0.05, 0) is 32.4 Å².